The van der Waals surface area contributed by atoms with Gasteiger partial charge in [-0.25, -0.2) is 13.6 Å². The Bertz CT molecular complexity index is 972. The van der Waals surface area contributed by atoms with Crippen LogP contribution >= 0.6 is 0 Å². The summed E-state index contributed by atoms with van der Waals surface area (Å²) in [6, 6.07) is 10.4. The predicted molar refractivity (Wildman–Crippen MR) is 134 cm³/mol. The molecule has 0 spiro atoms. The number of hydrogen-bond acceptors (Lipinski definition) is 7. The molecule has 1 aliphatic heterocycles. The highest BCUT2D eigenvalue weighted by Crippen LogP contribution is 2.23. The average molecular weight is 520 g/mol. The van der Waals surface area contributed by atoms with Gasteiger partial charge in [-0.05, 0) is 58.2 Å². The van der Waals surface area contributed by atoms with Crippen LogP contribution in [0.5, 0.6) is 0 Å². The second kappa shape index (κ2) is 14.1. The number of piperidine rings is 1. The third kappa shape index (κ3) is 9.42. The highest BCUT2D eigenvalue weighted by molar-refractivity contribution is 6.43. The van der Waals surface area contributed by atoms with Gasteiger partial charge >= 0.3 is 13.2 Å². The molecule has 1 heterocycles. The van der Waals surface area contributed by atoms with E-state index in [1.165, 1.54) is 22.9 Å². The van der Waals surface area contributed by atoms with E-state index in [1.54, 1.807) is 38.1 Å². The standard InChI is InChI=1S/C25H35BF2N4O5/c1-25(2,31(3)16-22(27)28)14-19(15-29)23(33)32-12-8-7-11-20(32)17-37-24(34)30-21(26(35)36)13-18-9-5-4-6-10-18/h4-6,9-10,14,20-22,35-36H,7-8,11-13,16-17H2,1-3H3,(H,30,34)/t20-,21?/m1/s1. The molecule has 2 rings (SSSR count). The highest BCUT2D eigenvalue weighted by Gasteiger charge is 2.33. The molecule has 0 aliphatic carbocycles. The number of likely N-dealkylation sites (N-methyl/N-ethyl adjacent to an activating group) is 1. The van der Waals surface area contributed by atoms with Crippen molar-refractivity contribution in [2.24, 2.45) is 0 Å². The van der Waals surface area contributed by atoms with E-state index in [1.807, 2.05) is 12.1 Å². The van der Waals surface area contributed by atoms with E-state index in [9.17, 15) is 33.7 Å². The summed E-state index contributed by atoms with van der Waals surface area (Å²) >= 11 is 0. The monoisotopic (exact) mass is 520 g/mol. The van der Waals surface area contributed by atoms with Crippen molar-refractivity contribution in [3.8, 4) is 6.07 Å². The van der Waals surface area contributed by atoms with Gasteiger partial charge in [0.15, 0.2) is 0 Å². The Kier molecular flexibility index (Phi) is 11.5. The van der Waals surface area contributed by atoms with Crippen molar-refractivity contribution in [3.05, 3.63) is 47.5 Å². The summed E-state index contributed by atoms with van der Waals surface area (Å²) in [5.74, 6) is -1.55. The zero-order valence-corrected chi connectivity index (χ0v) is 21.4. The molecule has 1 aromatic carbocycles. The number of hydrogen-bond donors (Lipinski definition) is 3. The number of carbonyl (C=O) groups excluding carboxylic acids is 2. The van der Waals surface area contributed by atoms with E-state index < -0.39 is 49.6 Å². The van der Waals surface area contributed by atoms with Crippen LogP contribution in [-0.4, -0.2) is 89.7 Å². The van der Waals surface area contributed by atoms with Crippen LogP contribution in [0.3, 0.4) is 0 Å². The lowest BCUT2D eigenvalue weighted by atomic mass is 9.76. The van der Waals surface area contributed by atoms with E-state index in [2.05, 4.69) is 5.32 Å². The van der Waals surface area contributed by atoms with Gasteiger partial charge in [0.1, 0.15) is 18.2 Å². The predicted octanol–water partition coefficient (Wildman–Crippen LogP) is 2.14. The SMILES string of the molecule is CN(CC(F)F)C(C)(C)C=C(C#N)C(=O)N1CCCC[C@@H]1COC(=O)NC(Cc1ccccc1)B(O)O. The summed E-state index contributed by atoms with van der Waals surface area (Å²) in [5.41, 5.74) is -0.353. The van der Waals surface area contributed by atoms with Crippen LogP contribution in [-0.2, 0) is 16.0 Å². The van der Waals surface area contributed by atoms with Crippen molar-refractivity contribution < 1.29 is 33.2 Å². The summed E-state index contributed by atoms with van der Waals surface area (Å²) in [4.78, 5) is 28.5. The lowest BCUT2D eigenvalue weighted by Gasteiger charge is -2.36. The van der Waals surface area contributed by atoms with Crippen molar-refractivity contribution in [1.82, 2.24) is 15.1 Å². The molecule has 2 amide bonds. The molecular formula is C25H35BF2N4O5. The van der Waals surface area contributed by atoms with Crippen molar-refractivity contribution in [1.29, 1.82) is 5.26 Å². The molecule has 1 aromatic rings. The van der Waals surface area contributed by atoms with Crippen LogP contribution in [0.2, 0.25) is 0 Å². The molecule has 12 heteroatoms. The molecule has 2 atom stereocenters. The number of halogens is 2. The van der Waals surface area contributed by atoms with E-state index in [0.29, 0.717) is 19.4 Å². The summed E-state index contributed by atoms with van der Waals surface area (Å²) in [6.07, 6.45) is 0.173. The first kappa shape index (κ1) is 30.2. The zero-order valence-electron chi connectivity index (χ0n) is 21.4. The Morgan fingerprint density at radius 1 is 1.32 bits per heavy atom. The molecule has 0 bridgehead atoms. The number of nitriles is 1. The molecule has 1 unspecified atom stereocenters. The van der Waals surface area contributed by atoms with Crippen LogP contribution in [0.1, 0.15) is 38.7 Å². The van der Waals surface area contributed by atoms with Gasteiger partial charge < -0.3 is 25.0 Å². The first-order valence-corrected chi connectivity index (χ1v) is 12.2. The fourth-order valence-electron chi connectivity index (χ4n) is 4.11. The number of alkyl halides is 2. The Balaban J connectivity index is 2.05. The number of nitrogens with zero attached hydrogens (tertiary/aromatic N) is 3. The van der Waals surface area contributed by atoms with Crippen molar-refractivity contribution in [2.75, 3.05) is 26.7 Å². The molecule has 37 heavy (non-hydrogen) atoms. The van der Waals surface area contributed by atoms with Crippen LogP contribution in [0.15, 0.2) is 42.0 Å². The Labute approximate surface area is 216 Å². The number of ether oxygens (including phenoxy) is 1. The number of alkyl carbamates (subject to hydrolysis) is 1. The van der Waals surface area contributed by atoms with Crippen molar-refractivity contribution in [3.63, 3.8) is 0 Å². The molecule has 3 N–H and O–H groups in total. The largest absolute Gasteiger partial charge is 0.475 e. The summed E-state index contributed by atoms with van der Waals surface area (Å²) in [7, 11) is -0.317. The molecule has 202 valence electrons. The Hall–Kier alpha value is -3.01. The molecule has 1 fully saturated rings. The average Bonchev–Trinajstić information content (AvgIpc) is 2.85. The van der Waals surface area contributed by atoms with Crippen molar-refractivity contribution >= 4 is 19.1 Å². The second-order valence-corrected chi connectivity index (χ2v) is 9.70. The maximum absolute atomic E-state index is 13.2. The van der Waals surface area contributed by atoms with E-state index in [-0.39, 0.29) is 18.6 Å². The van der Waals surface area contributed by atoms with Crippen LogP contribution < -0.4 is 5.32 Å². The fourth-order valence-corrected chi connectivity index (χ4v) is 4.11. The topological polar surface area (TPSA) is 126 Å². The molecular weight excluding hydrogens is 485 g/mol. The van der Waals surface area contributed by atoms with Crippen LogP contribution in [0.25, 0.3) is 0 Å². The Morgan fingerprint density at radius 3 is 2.59 bits per heavy atom. The first-order valence-electron chi connectivity index (χ1n) is 12.2. The lowest BCUT2D eigenvalue weighted by Crippen LogP contribution is -2.50. The summed E-state index contributed by atoms with van der Waals surface area (Å²) in [6.45, 7) is 2.97. The highest BCUT2D eigenvalue weighted by atomic mass is 19.3. The van der Waals surface area contributed by atoms with Gasteiger partial charge in [0.25, 0.3) is 12.3 Å². The maximum atomic E-state index is 13.2. The second-order valence-electron chi connectivity index (χ2n) is 9.70. The molecule has 9 nitrogen and oxygen atoms in total. The van der Waals surface area contributed by atoms with Crippen LogP contribution in [0, 0.1) is 11.3 Å². The molecule has 1 saturated heterocycles. The zero-order chi connectivity index (χ0) is 27.6. The summed E-state index contributed by atoms with van der Waals surface area (Å²) in [5, 5.41) is 31.4. The van der Waals surface area contributed by atoms with Gasteiger partial charge in [0.05, 0.1) is 18.5 Å². The first-order chi connectivity index (χ1) is 17.4. The fraction of sp³-hybridized carbons (Fsp3) is 0.560. The molecule has 1 aliphatic rings. The third-order valence-electron chi connectivity index (χ3n) is 6.50. The van der Waals surface area contributed by atoms with Gasteiger partial charge in [0, 0.05) is 12.1 Å². The van der Waals surface area contributed by atoms with Crippen molar-refractivity contribution in [2.45, 2.75) is 63.5 Å². The van der Waals surface area contributed by atoms with Gasteiger partial charge in [0.2, 0.25) is 0 Å². The molecule has 0 radical (unpaired) electrons. The minimum atomic E-state index is -2.56. The van der Waals surface area contributed by atoms with E-state index in [4.69, 9.17) is 4.74 Å². The number of benzene rings is 1. The number of rotatable bonds is 11. The normalized spacial score (nSPS) is 17.4. The van der Waals surface area contributed by atoms with Gasteiger partial charge in [-0.2, -0.15) is 5.26 Å². The number of amides is 2. The van der Waals surface area contributed by atoms with Gasteiger partial charge in [-0.15, -0.1) is 0 Å². The number of likely N-dealkylation sites (tertiary alicyclic amines) is 1. The smallest absolute Gasteiger partial charge is 0.447 e. The lowest BCUT2D eigenvalue weighted by molar-refractivity contribution is -0.131. The molecule has 0 saturated carbocycles. The van der Waals surface area contributed by atoms with Gasteiger partial charge in [-0.3, -0.25) is 9.69 Å². The van der Waals surface area contributed by atoms with E-state index >= 15 is 0 Å². The number of carbonyl (C=O) groups is 2. The summed E-state index contributed by atoms with van der Waals surface area (Å²) < 4.78 is 31.0. The van der Waals surface area contributed by atoms with Crippen LogP contribution in [0.4, 0.5) is 13.6 Å². The maximum Gasteiger partial charge on any atom is 0.475 e. The van der Waals surface area contributed by atoms with E-state index in [0.717, 1.165) is 12.0 Å². The van der Waals surface area contributed by atoms with Gasteiger partial charge in [-0.1, -0.05) is 30.3 Å². The Morgan fingerprint density at radius 2 is 2.00 bits per heavy atom. The quantitative estimate of drug-likeness (QED) is 0.232. The minimum Gasteiger partial charge on any atom is -0.447 e. The minimum absolute atomic E-state index is 0.148. The third-order valence-corrected chi connectivity index (χ3v) is 6.50. The molecule has 0 aromatic heterocycles. The number of nitrogens with one attached hydrogen (secondary N) is 1.